The predicted octanol–water partition coefficient (Wildman–Crippen LogP) is 2.51. The molecule has 8 heteroatoms. The van der Waals surface area contributed by atoms with E-state index in [-0.39, 0.29) is 0 Å². The van der Waals surface area contributed by atoms with E-state index in [0.717, 1.165) is 23.0 Å². The van der Waals surface area contributed by atoms with Crippen molar-refractivity contribution in [3.63, 3.8) is 0 Å². The van der Waals surface area contributed by atoms with Gasteiger partial charge in [0.05, 0.1) is 6.26 Å². The van der Waals surface area contributed by atoms with Crippen LogP contribution >= 0.6 is 0 Å². The Labute approximate surface area is 135 Å². The van der Waals surface area contributed by atoms with Gasteiger partial charge >= 0.3 is 6.90 Å². The van der Waals surface area contributed by atoms with Crippen molar-refractivity contribution in [2.45, 2.75) is 34.6 Å². The highest BCUT2D eigenvalue weighted by Gasteiger charge is 2.57. The van der Waals surface area contributed by atoms with Crippen LogP contribution in [0.25, 0.3) is 5.57 Å². The van der Waals surface area contributed by atoms with E-state index >= 15 is 4.32 Å². The lowest BCUT2D eigenvalue weighted by molar-refractivity contribution is -0.367. The highest BCUT2D eigenvalue weighted by atomic mass is 32.2. The summed E-state index contributed by atoms with van der Waals surface area (Å²) in [6.45, 7) is 5.74. The Morgan fingerprint density at radius 1 is 1.22 bits per heavy atom. The summed E-state index contributed by atoms with van der Waals surface area (Å²) >= 11 is 0. The molecule has 3 rings (SSSR count). The Kier molecular flexibility index (Phi) is 3.29. The van der Waals surface area contributed by atoms with Crippen LogP contribution in [0.4, 0.5) is 4.32 Å². The van der Waals surface area contributed by atoms with Gasteiger partial charge in [-0.05, 0) is 45.0 Å². The van der Waals surface area contributed by atoms with E-state index in [1.165, 1.54) is 8.96 Å². The Hall–Kier alpha value is -1.67. The van der Waals surface area contributed by atoms with Gasteiger partial charge < -0.3 is 17.4 Å². The molecule has 0 spiro atoms. The number of nitrogens with zero attached hydrogens (tertiary/aromatic N) is 2. The lowest BCUT2D eigenvalue weighted by Crippen LogP contribution is -2.58. The predicted molar refractivity (Wildman–Crippen MR) is 89.4 cm³/mol. The number of hydrogen-bond acceptors (Lipinski definition) is 3. The minimum absolute atomic E-state index is 0.624. The summed E-state index contributed by atoms with van der Waals surface area (Å²) in [5.74, 6) is 0. The first-order valence-electron chi connectivity index (χ1n) is 7.43. The van der Waals surface area contributed by atoms with Gasteiger partial charge in [0.2, 0.25) is 10.1 Å². The van der Waals surface area contributed by atoms with Crippen molar-refractivity contribution in [2.75, 3.05) is 6.26 Å². The Morgan fingerprint density at radius 2 is 1.83 bits per heavy atom. The van der Waals surface area contributed by atoms with Crippen LogP contribution in [0.5, 0.6) is 0 Å². The van der Waals surface area contributed by atoms with Gasteiger partial charge in [0, 0.05) is 29.8 Å². The molecule has 2 aliphatic heterocycles. The lowest BCUT2D eigenvalue weighted by Gasteiger charge is -2.37. The van der Waals surface area contributed by atoms with Gasteiger partial charge in [-0.25, -0.2) is 8.42 Å². The van der Waals surface area contributed by atoms with Crippen LogP contribution in [-0.2, 0) is 14.2 Å². The molecule has 0 radical (unpaired) electrons. The maximum absolute atomic E-state index is 16.1. The van der Waals surface area contributed by atoms with Gasteiger partial charge in [0.25, 0.3) is 0 Å². The zero-order chi connectivity index (χ0) is 17.3. The molecule has 3 heterocycles. The highest BCUT2D eigenvalue weighted by Crippen LogP contribution is 2.41. The minimum Gasteiger partial charge on any atom is -0.397 e. The van der Waals surface area contributed by atoms with Crippen molar-refractivity contribution in [3.8, 4) is 0 Å². The second kappa shape index (κ2) is 4.67. The molecule has 0 fully saturated rings. The number of allylic oxidation sites excluding steroid dienone is 3. The maximum atomic E-state index is 16.1. The summed E-state index contributed by atoms with van der Waals surface area (Å²) in [5.41, 5.74) is 5.31. The van der Waals surface area contributed by atoms with Crippen LogP contribution in [-0.4, -0.2) is 36.2 Å². The first-order chi connectivity index (χ1) is 10.5. The molecule has 0 N–H and O–H groups in total. The number of aryl methyl sites for hydroxylation is 2. The van der Waals surface area contributed by atoms with Crippen molar-refractivity contribution < 1.29 is 21.3 Å². The number of rotatable bonds is 2. The monoisotopic (exact) mass is 338 g/mol. The van der Waals surface area contributed by atoms with Crippen molar-refractivity contribution >= 4 is 28.3 Å². The molecule has 124 valence electrons. The normalized spacial score (nSPS) is 24.0. The molecule has 23 heavy (non-hydrogen) atoms. The average molecular weight is 338 g/mol. The largest absolute Gasteiger partial charge is 0.715 e. The van der Waals surface area contributed by atoms with Gasteiger partial charge in [-0.3, -0.25) is 0 Å². The summed E-state index contributed by atoms with van der Waals surface area (Å²) in [7, 11) is -4.00. The smallest absolute Gasteiger partial charge is 0.397 e. The molecule has 5 nitrogen and oxygen atoms in total. The van der Waals surface area contributed by atoms with Crippen molar-refractivity contribution in [3.05, 3.63) is 40.4 Å². The molecule has 0 aromatic carbocycles. The third kappa shape index (κ3) is 2.15. The Morgan fingerprint density at radius 3 is 2.39 bits per heavy atom. The molecule has 0 saturated heterocycles. The summed E-state index contributed by atoms with van der Waals surface area (Å²) in [6.07, 6.45) is 2.72. The van der Waals surface area contributed by atoms with E-state index in [4.69, 9.17) is 4.10 Å². The van der Waals surface area contributed by atoms with E-state index in [0.29, 0.717) is 22.8 Å². The Bertz CT molecular complexity index is 940. The standard InChI is InChI=1S/C15H20BFN2O3S/c1-9-7-11(3)18-14(9)13(5)15-10(2)8-12(4)19(15)16(18,17)22-23(6,20)21/h7-8H,1-6H3. The van der Waals surface area contributed by atoms with Crippen molar-refractivity contribution in [1.82, 2.24) is 4.48 Å². The fraction of sp³-hybridized carbons (Fsp3) is 0.400. The molecule has 0 amide bonds. The summed E-state index contributed by atoms with van der Waals surface area (Å²) in [4.78, 5) is 0. The molecular formula is C15H20BFN2O3S. The van der Waals surface area contributed by atoms with Gasteiger partial charge in [0.1, 0.15) is 5.71 Å². The molecule has 0 saturated carbocycles. The zero-order valence-electron chi connectivity index (χ0n) is 14.1. The van der Waals surface area contributed by atoms with Gasteiger partial charge in [-0.2, -0.15) is 0 Å². The molecule has 0 aliphatic carbocycles. The first kappa shape index (κ1) is 16.2. The highest BCUT2D eigenvalue weighted by molar-refractivity contribution is 7.86. The quantitative estimate of drug-likeness (QED) is 0.779. The lowest BCUT2D eigenvalue weighted by atomic mass is 9.84. The molecule has 1 atom stereocenters. The van der Waals surface area contributed by atoms with Crippen LogP contribution in [0.2, 0.25) is 0 Å². The van der Waals surface area contributed by atoms with E-state index in [1.54, 1.807) is 13.8 Å². The molecule has 1 aromatic rings. The van der Waals surface area contributed by atoms with Crippen LogP contribution in [0.3, 0.4) is 0 Å². The van der Waals surface area contributed by atoms with Crippen LogP contribution in [0, 0.1) is 13.8 Å². The van der Waals surface area contributed by atoms with E-state index < -0.39 is 17.0 Å². The maximum Gasteiger partial charge on any atom is 0.715 e. The summed E-state index contributed by atoms with van der Waals surface area (Å²) < 4.78 is 47.5. The average Bonchev–Trinajstić information content (AvgIpc) is 2.82. The van der Waals surface area contributed by atoms with Gasteiger partial charge in [-0.15, -0.1) is 0 Å². The number of fused-ring (bicyclic) bond motifs is 2. The number of aromatic nitrogens is 1. The van der Waals surface area contributed by atoms with Gasteiger partial charge in [-0.1, -0.05) is 0 Å². The molecular weight excluding hydrogens is 318 g/mol. The van der Waals surface area contributed by atoms with Crippen molar-refractivity contribution in [2.24, 2.45) is 0 Å². The second-order valence-electron chi connectivity index (χ2n) is 6.41. The van der Waals surface area contributed by atoms with Gasteiger partial charge in [0.15, 0.2) is 5.70 Å². The SMILES string of the molecule is CC1=CC(C)=[N+]2C1=C(C)c1c(C)cc(C)n1[B-]2(F)OS(C)(=O)=O. The van der Waals surface area contributed by atoms with E-state index in [9.17, 15) is 8.42 Å². The van der Waals surface area contributed by atoms with E-state index in [2.05, 4.69) is 0 Å². The second-order valence-corrected chi connectivity index (χ2v) is 8.01. The molecule has 1 unspecified atom stereocenters. The number of halogens is 1. The molecule has 1 aromatic heterocycles. The molecule has 2 aliphatic rings. The number of hydrogen-bond donors (Lipinski definition) is 0. The zero-order valence-corrected chi connectivity index (χ0v) is 15.0. The fourth-order valence-electron chi connectivity index (χ4n) is 3.94. The summed E-state index contributed by atoms with van der Waals surface area (Å²) in [5, 5.41) is 0. The van der Waals surface area contributed by atoms with E-state index in [1.807, 2.05) is 32.9 Å². The first-order valence-corrected chi connectivity index (χ1v) is 9.24. The third-order valence-corrected chi connectivity index (χ3v) is 5.08. The topological polar surface area (TPSA) is 51.3 Å². The molecule has 0 bridgehead atoms. The third-order valence-electron chi connectivity index (χ3n) is 4.48. The van der Waals surface area contributed by atoms with Crippen LogP contribution in [0.1, 0.15) is 37.7 Å². The summed E-state index contributed by atoms with van der Waals surface area (Å²) in [6, 6.07) is 1.84. The fourth-order valence-corrected chi connectivity index (χ4v) is 4.56. The Balaban J connectivity index is 2.45. The van der Waals surface area contributed by atoms with Crippen molar-refractivity contribution in [1.29, 1.82) is 0 Å². The minimum atomic E-state index is -4.00. The van der Waals surface area contributed by atoms with Crippen LogP contribution in [0.15, 0.2) is 23.4 Å². The van der Waals surface area contributed by atoms with Crippen LogP contribution < -0.4 is 0 Å².